The van der Waals surface area contributed by atoms with Crippen LogP contribution in [0.5, 0.6) is 0 Å². The Labute approximate surface area is 143 Å². The van der Waals surface area contributed by atoms with E-state index in [1.807, 2.05) is 6.20 Å². The van der Waals surface area contributed by atoms with Gasteiger partial charge in [-0.25, -0.2) is 4.98 Å². The van der Waals surface area contributed by atoms with E-state index < -0.39 is 0 Å². The van der Waals surface area contributed by atoms with Crippen molar-refractivity contribution < 1.29 is 0 Å². The van der Waals surface area contributed by atoms with Gasteiger partial charge in [0, 0.05) is 43.1 Å². The Morgan fingerprint density at radius 1 is 1.00 bits per heavy atom. The summed E-state index contributed by atoms with van der Waals surface area (Å²) in [6.07, 6.45) is 3.19. The highest BCUT2D eigenvalue weighted by molar-refractivity contribution is 5.56. The maximum atomic E-state index is 4.68. The number of likely N-dealkylation sites (tertiary alicyclic amines) is 1. The van der Waals surface area contributed by atoms with E-state index in [1.165, 1.54) is 23.2 Å². The first kappa shape index (κ1) is 15.2. The van der Waals surface area contributed by atoms with Gasteiger partial charge in [0.25, 0.3) is 0 Å². The van der Waals surface area contributed by atoms with E-state index in [9.17, 15) is 0 Å². The number of aromatic nitrogens is 2. The molecule has 2 aromatic carbocycles. The molecule has 122 valence electrons. The van der Waals surface area contributed by atoms with Crippen LogP contribution in [0.4, 0.5) is 0 Å². The minimum atomic E-state index is 0.506. The van der Waals surface area contributed by atoms with E-state index in [2.05, 4.69) is 82.0 Å². The van der Waals surface area contributed by atoms with E-state index in [-0.39, 0.29) is 0 Å². The Morgan fingerprint density at radius 2 is 1.71 bits per heavy atom. The van der Waals surface area contributed by atoms with Crippen LogP contribution in [-0.2, 0) is 6.54 Å². The van der Waals surface area contributed by atoms with Gasteiger partial charge in [-0.05, 0) is 18.9 Å². The molecule has 1 saturated heterocycles. The van der Waals surface area contributed by atoms with Crippen molar-refractivity contribution in [1.82, 2.24) is 14.5 Å². The fourth-order valence-corrected chi connectivity index (χ4v) is 3.72. The molecule has 0 aliphatic carbocycles. The molecule has 1 aliphatic rings. The smallest absolute Gasteiger partial charge is 0.140 e. The maximum absolute atomic E-state index is 4.68. The molecule has 1 aromatic heterocycles. The lowest BCUT2D eigenvalue weighted by atomic mass is 10.2. The average molecular weight is 317 g/mol. The Kier molecular flexibility index (Phi) is 4.18. The molecule has 1 atom stereocenters. The second-order valence-electron chi connectivity index (χ2n) is 6.62. The predicted octanol–water partition coefficient (Wildman–Crippen LogP) is 4.31. The number of imidazole rings is 1. The third-order valence-corrected chi connectivity index (χ3v) is 4.88. The summed E-state index contributed by atoms with van der Waals surface area (Å²) in [4.78, 5) is 7.23. The third-order valence-electron chi connectivity index (χ3n) is 4.88. The van der Waals surface area contributed by atoms with Gasteiger partial charge < -0.3 is 4.57 Å². The van der Waals surface area contributed by atoms with Crippen LogP contribution in [0.1, 0.15) is 23.7 Å². The van der Waals surface area contributed by atoms with Gasteiger partial charge >= 0.3 is 0 Å². The van der Waals surface area contributed by atoms with Gasteiger partial charge in [-0.15, -0.1) is 0 Å². The van der Waals surface area contributed by atoms with Crippen LogP contribution in [0.25, 0.3) is 11.4 Å². The Balaban J connectivity index is 1.54. The first-order chi connectivity index (χ1) is 11.8. The highest BCUT2D eigenvalue weighted by Gasteiger charge is 2.26. The van der Waals surface area contributed by atoms with Crippen molar-refractivity contribution in [3.05, 3.63) is 78.1 Å². The first-order valence-corrected chi connectivity index (χ1v) is 8.67. The Bertz CT molecular complexity index is 792. The largest absolute Gasteiger partial charge is 0.324 e. The zero-order chi connectivity index (χ0) is 16.4. The highest BCUT2D eigenvalue weighted by atomic mass is 15.2. The van der Waals surface area contributed by atoms with Gasteiger partial charge in [0.1, 0.15) is 5.82 Å². The highest BCUT2D eigenvalue weighted by Crippen LogP contribution is 2.30. The lowest BCUT2D eigenvalue weighted by Gasteiger charge is -2.19. The summed E-state index contributed by atoms with van der Waals surface area (Å²) in [5.41, 5.74) is 3.84. The van der Waals surface area contributed by atoms with Crippen molar-refractivity contribution in [3.63, 3.8) is 0 Å². The van der Waals surface area contributed by atoms with Gasteiger partial charge in [-0.1, -0.05) is 60.7 Å². The van der Waals surface area contributed by atoms with Crippen LogP contribution in [-0.4, -0.2) is 27.5 Å². The standard InChI is InChI=1S/C21H23N3/c1-17-14-22-21(19-10-6-3-7-11-19)24(17)20-12-13-23(16-20)15-18-8-4-2-5-9-18/h2-11,14,20H,12-13,15-16H2,1H3. The van der Waals surface area contributed by atoms with Crippen molar-refractivity contribution in [2.24, 2.45) is 0 Å². The second-order valence-corrected chi connectivity index (χ2v) is 6.62. The summed E-state index contributed by atoms with van der Waals surface area (Å²) in [6.45, 7) is 5.43. The monoisotopic (exact) mass is 317 g/mol. The summed E-state index contributed by atoms with van der Waals surface area (Å²) >= 11 is 0. The molecule has 3 aromatic rings. The topological polar surface area (TPSA) is 21.1 Å². The van der Waals surface area contributed by atoms with Crippen molar-refractivity contribution in [1.29, 1.82) is 0 Å². The SMILES string of the molecule is Cc1cnc(-c2ccccc2)n1C1CCN(Cc2ccccc2)C1. The molecule has 1 unspecified atom stereocenters. The minimum Gasteiger partial charge on any atom is -0.324 e. The van der Waals surface area contributed by atoms with Crippen molar-refractivity contribution in [2.75, 3.05) is 13.1 Å². The third kappa shape index (κ3) is 3.00. The number of aryl methyl sites for hydroxylation is 1. The van der Waals surface area contributed by atoms with Crippen molar-refractivity contribution in [3.8, 4) is 11.4 Å². The fraction of sp³-hybridized carbons (Fsp3) is 0.286. The van der Waals surface area contributed by atoms with Crippen LogP contribution in [0, 0.1) is 6.92 Å². The lowest BCUT2D eigenvalue weighted by molar-refractivity contribution is 0.316. The summed E-state index contributed by atoms with van der Waals surface area (Å²) in [5.74, 6) is 1.10. The normalized spacial score (nSPS) is 18.1. The fourth-order valence-electron chi connectivity index (χ4n) is 3.72. The summed E-state index contributed by atoms with van der Waals surface area (Å²) in [5, 5.41) is 0. The molecule has 0 saturated carbocycles. The van der Waals surface area contributed by atoms with Crippen LogP contribution in [0.2, 0.25) is 0 Å². The maximum Gasteiger partial charge on any atom is 0.140 e. The molecule has 0 amide bonds. The van der Waals surface area contributed by atoms with Crippen LogP contribution in [0.15, 0.2) is 66.9 Å². The van der Waals surface area contributed by atoms with Crippen molar-refractivity contribution in [2.45, 2.75) is 25.9 Å². The molecule has 0 bridgehead atoms. The molecule has 4 rings (SSSR count). The van der Waals surface area contributed by atoms with Gasteiger partial charge in [-0.2, -0.15) is 0 Å². The minimum absolute atomic E-state index is 0.506. The number of hydrogen-bond donors (Lipinski definition) is 0. The van der Waals surface area contributed by atoms with Gasteiger partial charge in [0.15, 0.2) is 0 Å². The molecule has 1 fully saturated rings. The number of nitrogens with zero attached hydrogens (tertiary/aromatic N) is 3. The zero-order valence-electron chi connectivity index (χ0n) is 14.1. The molecule has 24 heavy (non-hydrogen) atoms. The number of rotatable bonds is 4. The van der Waals surface area contributed by atoms with Crippen molar-refractivity contribution >= 4 is 0 Å². The lowest BCUT2D eigenvalue weighted by Crippen LogP contribution is -2.21. The molecule has 3 nitrogen and oxygen atoms in total. The van der Waals surface area contributed by atoms with E-state index in [0.29, 0.717) is 6.04 Å². The molecular formula is C21H23N3. The van der Waals surface area contributed by atoms with Crippen LogP contribution >= 0.6 is 0 Å². The van der Waals surface area contributed by atoms with Crippen LogP contribution in [0.3, 0.4) is 0 Å². The Morgan fingerprint density at radius 3 is 2.46 bits per heavy atom. The summed E-state index contributed by atoms with van der Waals surface area (Å²) < 4.78 is 2.43. The van der Waals surface area contributed by atoms with E-state index in [4.69, 9.17) is 0 Å². The predicted molar refractivity (Wildman–Crippen MR) is 97.8 cm³/mol. The van der Waals surface area contributed by atoms with E-state index >= 15 is 0 Å². The number of hydrogen-bond acceptors (Lipinski definition) is 2. The van der Waals surface area contributed by atoms with Gasteiger partial charge in [-0.3, -0.25) is 4.90 Å². The van der Waals surface area contributed by atoms with Gasteiger partial charge in [0.05, 0.1) is 0 Å². The van der Waals surface area contributed by atoms with E-state index in [0.717, 1.165) is 25.5 Å². The molecule has 0 radical (unpaired) electrons. The molecule has 2 heterocycles. The summed E-state index contributed by atoms with van der Waals surface area (Å²) in [6, 6.07) is 21.8. The van der Waals surface area contributed by atoms with Crippen LogP contribution < -0.4 is 0 Å². The quantitative estimate of drug-likeness (QED) is 0.715. The molecule has 0 spiro atoms. The molecular weight excluding hydrogens is 294 g/mol. The summed E-state index contributed by atoms with van der Waals surface area (Å²) in [7, 11) is 0. The molecule has 1 aliphatic heterocycles. The first-order valence-electron chi connectivity index (χ1n) is 8.67. The zero-order valence-corrected chi connectivity index (χ0v) is 14.1. The Hall–Kier alpha value is -2.39. The second kappa shape index (κ2) is 6.62. The average Bonchev–Trinajstić information content (AvgIpc) is 3.23. The van der Waals surface area contributed by atoms with E-state index in [1.54, 1.807) is 0 Å². The van der Waals surface area contributed by atoms with Gasteiger partial charge in [0.2, 0.25) is 0 Å². The molecule has 0 N–H and O–H groups in total. The number of benzene rings is 2. The molecule has 3 heteroatoms.